The normalized spacial score (nSPS) is 31.1. The van der Waals surface area contributed by atoms with E-state index >= 15 is 0 Å². The molecule has 2 atom stereocenters. The van der Waals surface area contributed by atoms with Gasteiger partial charge in [0.2, 0.25) is 5.91 Å². The summed E-state index contributed by atoms with van der Waals surface area (Å²) in [6.45, 7) is 1.39. The van der Waals surface area contributed by atoms with E-state index in [9.17, 15) is 9.59 Å². The van der Waals surface area contributed by atoms with Crippen LogP contribution in [0.2, 0.25) is 0 Å². The smallest absolute Gasteiger partial charge is 0.319 e. The van der Waals surface area contributed by atoms with Crippen LogP contribution >= 0.6 is 0 Å². The molecule has 3 fully saturated rings. The predicted octanol–water partition coefficient (Wildman–Crippen LogP) is 1.12. The molecule has 3 aliphatic heterocycles. The van der Waals surface area contributed by atoms with Crippen molar-refractivity contribution in [2.75, 3.05) is 34.2 Å². The number of nitrogens with one attached hydrogen (secondary N) is 1. The molecule has 3 amide bonds. The molecule has 0 aromatic carbocycles. The first-order valence-electron chi connectivity index (χ1n) is 8.94. The van der Waals surface area contributed by atoms with Crippen molar-refractivity contribution in [1.82, 2.24) is 20.0 Å². The van der Waals surface area contributed by atoms with E-state index in [2.05, 4.69) is 5.32 Å². The lowest BCUT2D eigenvalue weighted by Crippen LogP contribution is -2.52. The lowest BCUT2D eigenvalue weighted by atomic mass is 9.92. The molecule has 6 heteroatoms. The third kappa shape index (κ3) is 3.47. The Bertz CT molecular complexity index is 448. The molecule has 0 spiro atoms. The maximum absolute atomic E-state index is 12.8. The van der Waals surface area contributed by atoms with E-state index in [-0.39, 0.29) is 17.9 Å². The topological polar surface area (TPSA) is 55.9 Å². The molecule has 130 valence electrons. The first-order chi connectivity index (χ1) is 11.0. The molecule has 6 nitrogen and oxygen atoms in total. The second kappa shape index (κ2) is 6.67. The van der Waals surface area contributed by atoms with E-state index in [4.69, 9.17) is 0 Å². The number of likely N-dealkylation sites (tertiary alicyclic amines) is 1. The second-order valence-corrected chi connectivity index (χ2v) is 7.65. The molecule has 2 unspecified atom stereocenters. The fourth-order valence-corrected chi connectivity index (χ4v) is 4.41. The maximum atomic E-state index is 12.8. The van der Waals surface area contributed by atoms with Crippen LogP contribution in [-0.2, 0) is 4.79 Å². The Morgan fingerprint density at radius 3 is 2.04 bits per heavy atom. The Kier molecular flexibility index (Phi) is 4.80. The van der Waals surface area contributed by atoms with Crippen molar-refractivity contribution < 1.29 is 9.59 Å². The van der Waals surface area contributed by atoms with Crippen LogP contribution < -0.4 is 5.32 Å². The summed E-state index contributed by atoms with van der Waals surface area (Å²) in [6, 6.07) is 1.66. The van der Waals surface area contributed by atoms with Gasteiger partial charge in [-0.1, -0.05) is 0 Å². The van der Waals surface area contributed by atoms with Gasteiger partial charge < -0.3 is 20.0 Å². The average Bonchev–Trinajstić information content (AvgIpc) is 2.90. The maximum Gasteiger partial charge on any atom is 0.319 e. The zero-order chi connectivity index (χ0) is 16.6. The van der Waals surface area contributed by atoms with Gasteiger partial charge in [0.1, 0.15) is 0 Å². The van der Waals surface area contributed by atoms with Gasteiger partial charge in [0.15, 0.2) is 0 Å². The van der Waals surface area contributed by atoms with Gasteiger partial charge in [-0.15, -0.1) is 0 Å². The third-order valence-corrected chi connectivity index (χ3v) is 5.84. The van der Waals surface area contributed by atoms with Crippen molar-refractivity contribution in [3.63, 3.8) is 0 Å². The quantitative estimate of drug-likeness (QED) is 0.829. The van der Waals surface area contributed by atoms with E-state index in [0.717, 1.165) is 25.7 Å². The monoisotopic (exact) mass is 322 g/mol. The van der Waals surface area contributed by atoms with Crippen LogP contribution in [-0.4, -0.2) is 79.0 Å². The van der Waals surface area contributed by atoms with Crippen LogP contribution in [0.15, 0.2) is 0 Å². The van der Waals surface area contributed by atoms with Crippen molar-refractivity contribution >= 4 is 11.9 Å². The molecule has 0 aliphatic carbocycles. The number of piperidine rings is 2. The zero-order valence-corrected chi connectivity index (χ0v) is 14.6. The van der Waals surface area contributed by atoms with Crippen LogP contribution in [0.5, 0.6) is 0 Å². The number of fused-ring (bicyclic) bond motifs is 2. The Hall–Kier alpha value is -1.30. The summed E-state index contributed by atoms with van der Waals surface area (Å²) in [5.74, 6) is 0.368. The SMILES string of the molecule is CN(C)C(=O)N1CCC(C(=O)N(C)C2CC3CCC(C2)N3)CC1. The first kappa shape index (κ1) is 16.6. The van der Waals surface area contributed by atoms with E-state index in [0.29, 0.717) is 31.2 Å². The minimum atomic E-state index is 0.0548. The molecule has 1 N–H and O–H groups in total. The standard InChI is InChI=1S/C17H30N4O2/c1-19(2)17(23)21-8-6-12(7-9-21)16(22)20(3)15-10-13-4-5-14(11-15)18-13/h12-15,18H,4-11H2,1-3H3. The highest BCUT2D eigenvalue weighted by Crippen LogP contribution is 2.30. The highest BCUT2D eigenvalue weighted by atomic mass is 16.2. The van der Waals surface area contributed by atoms with Crippen molar-refractivity contribution in [3.8, 4) is 0 Å². The van der Waals surface area contributed by atoms with E-state index < -0.39 is 0 Å². The summed E-state index contributed by atoms with van der Waals surface area (Å²) >= 11 is 0. The highest BCUT2D eigenvalue weighted by molar-refractivity contribution is 5.80. The summed E-state index contributed by atoms with van der Waals surface area (Å²) in [6.07, 6.45) is 6.29. The number of hydrogen-bond acceptors (Lipinski definition) is 3. The van der Waals surface area contributed by atoms with Gasteiger partial charge in [0.05, 0.1) is 0 Å². The number of amides is 3. The third-order valence-electron chi connectivity index (χ3n) is 5.84. The molecular formula is C17H30N4O2. The molecule has 3 saturated heterocycles. The summed E-state index contributed by atoms with van der Waals surface area (Å²) < 4.78 is 0. The lowest BCUT2D eigenvalue weighted by Gasteiger charge is -2.39. The molecule has 3 rings (SSSR count). The molecule has 23 heavy (non-hydrogen) atoms. The van der Waals surface area contributed by atoms with E-state index in [1.807, 2.05) is 16.8 Å². The molecule has 0 aromatic rings. The van der Waals surface area contributed by atoms with Crippen molar-refractivity contribution in [1.29, 1.82) is 0 Å². The number of nitrogens with zero attached hydrogens (tertiary/aromatic N) is 3. The average molecular weight is 322 g/mol. The minimum absolute atomic E-state index is 0.0548. The zero-order valence-electron chi connectivity index (χ0n) is 14.6. The number of hydrogen-bond donors (Lipinski definition) is 1. The molecule has 3 aliphatic rings. The first-order valence-corrected chi connectivity index (χ1v) is 8.94. The molecule has 0 radical (unpaired) electrons. The summed E-state index contributed by atoms with van der Waals surface area (Å²) in [5, 5.41) is 3.64. The van der Waals surface area contributed by atoms with Gasteiger partial charge in [-0.25, -0.2) is 4.79 Å². The van der Waals surface area contributed by atoms with Crippen LogP contribution in [0.25, 0.3) is 0 Å². The molecule has 3 heterocycles. The van der Waals surface area contributed by atoms with Gasteiger partial charge in [0, 0.05) is 58.3 Å². The number of carbonyl (C=O) groups is 2. The van der Waals surface area contributed by atoms with Gasteiger partial charge in [-0.05, 0) is 38.5 Å². The molecule has 0 saturated carbocycles. The van der Waals surface area contributed by atoms with Crippen LogP contribution in [0, 0.1) is 5.92 Å². The number of rotatable bonds is 2. The lowest BCUT2D eigenvalue weighted by molar-refractivity contribution is -0.138. The van der Waals surface area contributed by atoms with Gasteiger partial charge in [-0.3, -0.25) is 4.79 Å². The summed E-state index contributed by atoms with van der Waals surface area (Å²) in [7, 11) is 5.53. The van der Waals surface area contributed by atoms with Crippen molar-refractivity contribution in [2.24, 2.45) is 5.92 Å². The summed E-state index contributed by atoms with van der Waals surface area (Å²) in [5.41, 5.74) is 0. The fourth-order valence-electron chi connectivity index (χ4n) is 4.41. The fraction of sp³-hybridized carbons (Fsp3) is 0.882. The van der Waals surface area contributed by atoms with Gasteiger partial charge >= 0.3 is 6.03 Å². The highest BCUT2D eigenvalue weighted by Gasteiger charge is 2.38. The Balaban J connectivity index is 1.52. The molecular weight excluding hydrogens is 292 g/mol. The van der Waals surface area contributed by atoms with Crippen LogP contribution in [0.3, 0.4) is 0 Å². The van der Waals surface area contributed by atoms with Crippen LogP contribution in [0.4, 0.5) is 4.79 Å². The number of urea groups is 1. The van der Waals surface area contributed by atoms with E-state index in [1.54, 1.807) is 19.0 Å². The van der Waals surface area contributed by atoms with Crippen LogP contribution in [0.1, 0.15) is 38.5 Å². The molecule has 2 bridgehead atoms. The minimum Gasteiger partial charge on any atom is -0.342 e. The van der Waals surface area contributed by atoms with E-state index in [1.165, 1.54) is 12.8 Å². The summed E-state index contributed by atoms with van der Waals surface area (Å²) in [4.78, 5) is 30.3. The van der Waals surface area contributed by atoms with Crippen molar-refractivity contribution in [2.45, 2.75) is 56.7 Å². The molecule has 0 aromatic heterocycles. The van der Waals surface area contributed by atoms with Crippen molar-refractivity contribution in [3.05, 3.63) is 0 Å². The Morgan fingerprint density at radius 2 is 1.52 bits per heavy atom. The Labute approximate surface area is 139 Å². The van der Waals surface area contributed by atoms with Gasteiger partial charge in [0.25, 0.3) is 0 Å². The second-order valence-electron chi connectivity index (χ2n) is 7.65. The predicted molar refractivity (Wildman–Crippen MR) is 89.1 cm³/mol. The number of carbonyl (C=O) groups excluding carboxylic acids is 2. The van der Waals surface area contributed by atoms with Gasteiger partial charge in [-0.2, -0.15) is 0 Å². The Morgan fingerprint density at radius 1 is 0.957 bits per heavy atom. The largest absolute Gasteiger partial charge is 0.342 e.